The molecule has 0 atom stereocenters. The standard InChI is InChI=1S/C25H18F5N5O3/c1-13(2)23(36)37-11-14-3-5-15(6-4-14)17-9-19(24(26,27)25(28,29)30)33-21-16(17)7-8-20-32-18(10-35(20)21)22-34-31-12-38-22/h3-10,12-13H,11H2,1-2H3. The first-order valence-corrected chi connectivity index (χ1v) is 11.3. The highest BCUT2D eigenvalue weighted by atomic mass is 19.4. The largest absolute Gasteiger partial charge is 0.461 e. The molecule has 196 valence electrons. The zero-order chi connectivity index (χ0) is 27.2. The lowest BCUT2D eigenvalue weighted by atomic mass is 9.99. The van der Waals surface area contributed by atoms with Crippen molar-refractivity contribution >= 4 is 22.6 Å². The molecule has 0 aliphatic carbocycles. The van der Waals surface area contributed by atoms with Crippen molar-refractivity contribution in [3.8, 4) is 22.7 Å². The number of carbonyl (C=O) groups is 1. The molecule has 0 radical (unpaired) electrons. The van der Waals surface area contributed by atoms with Crippen molar-refractivity contribution in [1.29, 1.82) is 0 Å². The van der Waals surface area contributed by atoms with E-state index in [9.17, 15) is 26.7 Å². The number of aromatic nitrogens is 5. The summed E-state index contributed by atoms with van der Waals surface area (Å²) in [5, 5.41) is 7.61. The van der Waals surface area contributed by atoms with Gasteiger partial charge in [0.2, 0.25) is 6.39 Å². The van der Waals surface area contributed by atoms with E-state index in [-0.39, 0.29) is 41.0 Å². The smallest absolute Gasteiger partial charge is 0.459 e. The highest BCUT2D eigenvalue weighted by Gasteiger charge is 2.60. The summed E-state index contributed by atoms with van der Waals surface area (Å²) in [5.74, 6) is -5.89. The Morgan fingerprint density at radius 1 is 1.05 bits per heavy atom. The molecule has 0 aliphatic heterocycles. The number of imidazole rings is 1. The number of fused-ring (bicyclic) bond motifs is 3. The van der Waals surface area contributed by atoms with Crippen LogP contribution in [0.4, 0.5) is 22.0 Å². The highest BCUT2D eigenvalue weighted by molar-refractivity contribution is 5.94. The Balaban J connectivity index is 1.66. The molecule has 13 heteroatoms. The molecule has 0 bridgehead atoms. The second kappa shape index (κ2) is 9.15. The molecular weight excluding hydrogens is 513 g/mol. The number of pyridine rings is 2. The summed E-state index contributed by atoms with van der Waals surface area (Å²) in [6.45, 7) is 3.37. The number of hydrogen-bond acceptors (Lipinski definition) is 7. The van der Waals surface area contributed by atoms with Crippen LogP contribution < -0.4 is 0 Å². The van der Waals surface area contributed by atoms with Gasteiger partial charge < -0.3 is 9.15 Å². The number of nitrogens with zero attached hydrogens (tertiary/aromatic N) is 5. The number of halogens is 5. The van der Waals surface area contributed by atoms with Crippen LogP contribution in [0.3, 0.4) is 0 Å². The monoisotopic (exact) mass is 531 g/mol. The molecule has 5 rings (SSSR count). The summed E-state index contributed by atoms with van der Waals surface area (Å²) >= 11 is 0. The van der Waals surface area contributed by atoms with E-state index in [2.05, 4.69) is 20.2 Å². The van der Waals surface area contributed by atoms with Crippen molar-refractivity contribution in [3.63, 3.8) is 0 Å². The van der Waals surface area contributed by atoms with Crippen LogP contribution in [-0.4, -0.2) is 36.7 Å². The van der Waals surface area contributed by atoms with Gasteiger partial charge in [-0.25, -0.2) is 9.97 Å². The van der Waals surface area contributed by atoms with Gasteiger partial charge in [0.15, 0.2) is 0 Å². The topological polar surface area (TPSA) is 95.4 Å². The molecule has 38 heavy (non-hydrogen) atoms. The Morgan fingerprint density at radius 3 is 2.42 bits per heavy atom. The van der Waals surface area contributed by atoms with Gasteiger partial charge in [0, 0.05) is 11.6 Å². The average molecular weight is 531 g/mol. The number of carbonyl (C=O) groups excluding carboxylic acids is 1. The first-order valence-electron chi connectivity index (χ1n) is 11.3. The van der Waals surface area contributed by atoms with Gasteiger partial charge in [-0.05, 0) is 34.9 Å². The zero-order valence-corrected chi connectivity index (χ0v) is 19.8. The maximum Gasteiger partial charge on any atom is 0.459 e. The Kier molecular flexibility index (Phi) is 6.08. The predicted octanol–water partition coefficient (Wildman–Crippen LogP) is 5.95. The predicted molar refractivity (Wildman–Crippen MR) is 124 cm³/mol. The minimum atomic E-state index is -5.87. The Hall–Kier alpha value is -4.42. The second-order valence-electron chi connectivity index (χ2n) is 8.76. The van der Waals surface area contributed by atoms with E-state index >= 15 is 0 Å². The number of esters is 1. The molecular formula is C25H18F5N5O3. The molecule has 0 aliphatic rings. The fourth-order valence-electron chi connectivity index (χ4n) is 3.76. The maximum atomic E-state index is 14.5. The number of ether oxygens (including phenoxy) is 1. The van der Waals surface area contributed by atoms with E-state index in [1.807, 2.05) is 0 Å². The maximum absolute atomic E-state index is 14.5. The van der Waals surface area contributed by atoms with Crippen LogP contribution >= 0.6 is 0 Å². The van der Waals surface area contributed by atoms with Crippen molar-refractivity contribution in [2.24, 2.45) is 5.92 Å². The zero-order valence-electron chi connectivity index (χ0n) is 19.8. The molecule has 1 aromatic carbocycles. The molecule has 0 saturated carbocycles. The van der Waals surface area contributed by atoms with Crippen molar-refractivity contribution in [2.75, 3.05) is 0 Å². The van der Waals surface area contributed by atoms with Gasteiger partial charge in [0.25, 0.3) is 5.89 Å². The number of benzene rings is 1. The molecule has 0 amide bonds. The number of alkyl halides is 5. The van der Waals surface area contributed by atoms with Gasteiger partial charge in [-0.3, -0.25) is 9.20 Å². The molecule has 4 aromatic heterocycles. The molecule has 4 heterocycles. The first-order chi connectivity index (χ1) is 18.0. The number of hydrogen-bond donors (Lipinski definition) is 0. The van der Waals surface area contributed by atoms with Crippen LogP contribution in [0.5, 0.6) is 0 Å². The van der Waals surface area contributed by atoms with Gasteiger partial charge in [-0.15, -0.1) is 10.2 Å². The summed E-state index contributed by atoms with van der Waals surface area (Å²) < 4.78 is 80.7. The summed E-state index contributed by atoms with van der Waals surface area (Å²) in [7, 11) is 0. The lowest BCUT2D eigenvalue weighted by Crippen LogP contribution is -2.34. The normalized spacial score (nSPS) is 12.5. The molecule has 0 N–H and O–H groups in total. The highest BCUT2D eigenvalue weighted by Crippen LogP contribution is 2.45. The molecule has 0 fully saturated rings. The molecule has 0 spiro atoms. The minimum absolute atomic E-state index is 0.0140. The third-order valence-corrected chi connectivity index (χ3v) is 5.77. The van der Waals surface area contributed by atoms with Crippen LogP contribution in [0.15, 0.2) is 59.5 Å². The second-order valence-corrected chi connectivity index (χ2v) is 8.76. The molecule has 5 aromatic rings. The van der Waals surface area contributed by atoms with E-state index < -0.39 is 23.8 Å². The van der Waals surface area contributed by atoms with Crippen LogP contribution in [0.2, 0.25) is 0 Å². The van der Waals surface area contributed by atoms with Crippen molar-refractivity contribution in [1.82, 2.24) is 24.6 Å². The van der Waals surface area contributed by atoms with E-state index in [1.165, 1.54) is 16.7 Å². The number of rotatable bonds is 6. The SMILES string of the molecule is CC(C)C(=O)OCc1ccc(-c2cc(C(F)(F)C(F)(F)F)nc3c2ccc2nc(-c4nnco4)cn23)cc1. The fourth-order valence-corrected chi connectivity index (χ4v) is 3.76. The lowest BCUT2D eigenvalue weighted by Gasteiger charge is -2.21. The minimum Gasteiger partial charge on any atom is -0.461 e. The summed E-state index contributed by atoms with van der Waals surface area (Å²) in [6.07, 6.45) is -3.43. The van der Waals surface area contributed by atoms with E-state index in [0.717, 1.165) is 12.5 Å². The van der Waals surface area contributed by atoms with Gasteiger partial charge >= 0.3 is 18.1 Å². The van der Waals surface area contributed by atoms with Crippen LogP contribution in [-0.2, 0) is 22.1 Å². The van der Waals surface area contributed by atoms with Crippen LogP contribution in [0.25, 0.3) is 39.4 Å². The fraction of sp³-hybridized carbons (Fsp3) is 0.240. The molecule has 0 saturated heterocycles. The Bertz CT molecular complexity index is 1630. The summed E-state index contributed by atoms with van der Waals surface area (Å²) in [6, 6.07) is 10.1. The Morgan fingerprint density at radius 2 is 1.79 bits per heavy atom. The van der Waals surface area contributed by atoms with Gasteiger partial charge in [-0.1, -0.05) is 38.1 Å². The third-order valence-electron chi connectivity index (χ3n) is 5.77. The molecule has 8 nitrogen and oxygen atoms in total. The quantitative estimate of drug-likeness (QED) is 0.197. The first kappa shape index (κ1) is 25.2. The van der Waals surface area contributed by atoms with E-state index in [1.54, 1.807) is 44.2 Å². The van der Waals surface area contributed by atoms with E-state index in [0.29, 0.717) is 16.5 Å². The summed E-state index contributed by atoms with van der Waals surface area (Å²) in [5.41, 5.74) is -0.175. The van der Waals surface area contributed by atoms with Gasteiger partial charge in [0.1, 0.15) is 29.3 Å². The van der Waals surface area contributed by atoms with Crippen molar-refractivity contribution < 1.29 is 35.9 Å². The average Bonchev–Trinajstić information content (AvgIpc) is 3.56. The summed E-state index contributed by atoms with van der Waals surface area (Å²) in [4.78, 5) is 19.8. The third kappa shape index (κ3) is 4.44. The van der Waals surface area contributed by atoms with Crippen LogP contribution in [0.1, 0.15) is 25.1 Å². The molecule has 0 unspecified atom stereocenters. The van der Waals surface area contributed by atoms with Gasteiger partial charge in [0.05, 0.1) is 5.92 Å². The van der Waals surface area contributed by atoms with Crippen LogP contribution in [0, 0.1) is 5.92 Å². The van der Waals surface area contributed by atoms with Gasteiger partial charge in [-0.2, -0.15) is 22.0 Å². The van der Waals surface area contributed by atoms with E-state index in [4.69, 9.17) is 9.15 Å². The van der Waals surface area contributed by atoms with Crippen molar-refractivity contribution in [3.05, 3.63) is 66.3 Å². The lowest BCUT2D eigenvalue weighted by molar-refractivity contribution is -0.290. The Labute approximate surface area is 211 Å². The van der Waals surface area contributed by atoms with Crippen molar-refractivity contribution in [2.45, 2.75) is 32.6 Å².